The van der Waals surface area contributed by atoms with E-state index in [-0.39, 0.29) is 0 Å². The maximum absolute atomic E-state index is 11.8. The van der Waals surface area contributed by atoms with Crippen molar-refractivity contribution >= 4 is 15.5 Å². The van der Waals surface area contributed by atoms with Gasteiger partial charge in [-0.15, -0.1) is 6.58 Å². The van der Waals surface area contributed by atoms with Crippen molar-refractivity contribution in [2.45, 2.75) is 23.8 Å². The Balaban J connectivity index is 2.03. The lowest BCUT2D eigenvalue weighted by atomic mass is 10.0. The van der Waals surface area contributed by atoms with E-state index in [1.54, 1.807) is 12.1 Å². The van der Waals surface area contributed by atoms with E-state index in [1.807, 2.05) is 18.2 Å². The van der Waals surface area contributed by atoms with Crippen molar-refractivity contribution in [3.8, 4) is 0 Å². The van der Waals surface area contributed by atoms with Gasteiger partial charge in [-0.1, -0.05) is 18.2 Å². The Morgan fingerprint density at radius 3 is 2.60 bits per heavy atom. The molecule has 1 N–H and O–H groups in total. The highest BCUT2D eigenvalue weighted by Gasteiger charge is 2.20. The van der Waals surface area contributed by atoms with Crippen LogP contribution in [0.15, 0.2) is 41.8 Å². The van der Waals surface area contributed by atoms with Crippen molar-refractivity contribution in [2.24, 2.45) is 0 Å². The van der Waals surface area contributed by atoms with Gasteiger partial charge in [-0.05, 0) is 25.0 Å². The summed E-state index contributed by atoms with van der Waals surface area (Å²) in [4.78, 5) is 2.74. The van der Waals surface area contributed by atoms with E-state index in [0.717, 1.165) is 38.2 Å². The first kappa shape index (κ1) is 15.1. The van der Waals surface area contributed by atoms with Crippen molar-refractivity contribution in [3.63, 3.8) is 0 Å². The third-order valence-electron chi connectivity index (χ3n) is 3.62. The Morgan fingerprint density at radius 2 is 2.00 bits per heavy atom. The standard InChI is InChI=1S/C15H22N2O2S/c1-3-10-17-11-8-13(9-12-17)16-14-6-4-5-7-15(14)20(2,18)19/h3-7,13,16H,1,8-12H2,2H3. The minimum atomic E-state index is -3.19. The first-order valence-corrected chi connectivity index (χ1v) is 8.78. The van der Waals surface area contributed by atoms with Crippen LogP contribution in [0.1, 0.15) is 12.8 Å². The van der Waals surface area contributed by atoms with E-state index in [1.165, 1.54) is 6.26 Å². The number of likely N-dealkylation sites (tertiary alicyclic amines) is 1. The number of nitrogens with zero attached hydrogens (tertiary/aromatic N) is 1. The summed E-state index contributed by atoms with van der Waals surface area (Å²) in [7, 11) is -3.19. The number of rotatable bonds is 5. The van der Waals surface area contributed by atoms with E-state index in [4.69, 9.17) is 0 Å². The van der Waals surface area contributed by atoms with Gasteiger partial charge in [-0.2, -0.15) is 0 Å². The molecule has 5 heteroatoms. The number of nitrogens with one attached hydrogen (secondary N) is 1. The fraction of sp³-hybridized carbons (Fsp3) is 0.467. The molecule has 1 aliphatic rings. The Kier molecular flexibility index (Phi) is 4.83. The van der Waals surface area contributed by atoms with Crippen molar-refractivity contribution < 1.29 is 8.42 Å². The number of para-hydroxylation sites is 1. The summed E-state index contributed by atoms with van der Waals surface area (Å²) < 4.78 is 23.5. The maximum atomic E-state index is 11.8. The maximum Gasteiger partial charge on any atom is 0.177 e. The van der Waals surface area contributed by atoms with Gasteiger partial charge in [0.2, 0.25) is 0 Å². The summed E-state index contributed by atoms with van der Waals surface area (Å²) in [5.41, 5.74) is 0.720. The van der Waals surface area contributed by atoms with E-state index in [2.05, 4.69) is 16.8 Å². The molecule has 0 aromatic heterocycles. The van der Waals surface area contributed by atoms with Crippen LogP contribution in [0.4, 0.5) is 5.69 Å². The molecule has 1 heterocycles. The smallest absolute Gasteiger partial charge is 0.177 e. The number of sulfone groups is 1. The first-order valence-electron chi connectivity index (χ1n) is 6.89. The van der Waals surface area contributed by atoms with E-state index >= 15 is 0 Å². The van der Waals surface area contributed by atoms with Crippen LogP contribution in [0, 0.1) is 0 Å². The molecule has 20 heavy (non-hydrogen) atoms. The summed E-state index contributed by atoms with van der Waals surface area (Å²) >= 11 is 0. The molecule has 1 saturated heterocycles. The molecule has 1 fully saturated rings. The van der Waals surface area contributed by atoms with E-state index < -0.39 is 9.84 Å². The molecule has 0 spiro atoms. The molecule has 4 nitrogen and oxygen atoms in total. The zero-order valence-corrected chi connectivity index (χ0v) is 12.7. The van der Waals surface area contributed by atoms with Crippen molar-refractivity contribution in [1.82, 2.24) is 4.90 Å². The molecule has 1 aromatic carbocycles. The number of anilines is 1. The zero-order valence-electron chi connectivity index (χ0n) is 11.9. The summed E-state index contributed by atoms with van der Waals surface area (Å²) in [6.07, 6.45) is 5.21. The second kappa shape index (κ2) is 6.41. The van der Waals surface area contributed by atoms with Crippen LogP contribution in [0.3, 0.4) is 0 Å². The number of benzene rings is 1. The molecule has 1 aliphatic heterocycles. The van der Waals surface area contributed by atoms with Gasteiger partial charge in [0.25, 0.3) is 0 Å². The zero-order chi connectivity index (χ0) is 14.6. The first-order chi connectivity index (χ1) is 9.50. The molecule has 2 rings (SSSR count). The van der Waals surface area contributed by atoms with Crippen LogP contribution in [0.2, 0.25) is 0 Å². The molecular weight excluding hydrogens is 272 g/mol. The Hall–Kier alpha value is -1.33. The molecular formula is C15H22N2O2S. The fourth-order valence-electron chi connectivity index (χ4n) is 2.57. The van der Waals surface area contributed by atoms with Gasteiger partial charge in [-0.25, -0.2) is 8.42 Å². The van der Waals surface area contributed by atoms with Gasteiger partial charge >= 0.3 is 0 Å². The van der Waals surface area contributed by atoms with Gasteiger partial charge in [-0.3, -0.25) is 4.90 Å². The highest BCUT2D eigenvalue weighted by atomic mass is 32.2. The minimum Gasteiger partial charge on any atom is -0.381 e. The normalized spacial score (nSPS) is 17.9. The Morgan fingerprint density at radius 1 is 1.35 bits per heavy atom. The molecule has 0 saturated carbocycles. The third-order valence-corrected chi connectivity index (χ3v) is 4.78. The van der Waals surface area contributed by atoms with Gasteiger partial charge in [0.15, 0.2) is 9.84 Å². The number of piperidine rings is 1. The molecule has 110 valence electrons. The average Bonchev–Trinajstić information content (AvgIpc) is 2.41. The summed E-state index contributed by atoms with van der Waals surface area (Å²) in [5.74, 6) is 0. The van der Waals surface area contributed by atoms with Gasteiger partial charge in [0.05, 0.1) is 10.6 Å². The van der Waals surface area contributed by atoms with Crippen LogP contribution in [0.25, 0.3) is 0 Å². The second-order valence-corrected chi connectivity index (χ2v) is 7.26. The van der Waals surface area contributed by atoms with Gasteiger partial charge < -0.3 is 5.32 Å². The lowest BCUT2D eigenvalue weighted by Crippen LogP contribution is -2.39. The minimum absolute atomic E-state index is 0.332. The SMILES string of the molecule is C=CCN1CCC(Nc2ccccc2S(C)(=O)=O)CC1. The average molecular weight is 294 g/mol. The molecule has 0 atom stereocenters. The lowest BCUT2D eigenvalue weighted by molar-refractivity contribution is 0.240. The molecule has 1 aromatic rings. The van der Waals surface area contributed by atoms with Crippen molar-refractivity contribution in [3.05, 3.63) is 36.9 Å². The third kappa shape index (κ3) is 3.84. The van der Waals surface area contributed by atoms with Crippen molar-refractivity contribution in [2.75, 3.05) is 31.2 Å². The Bertz CT molecular complexity index is 561. The Labute approximate surface area is 121 Å². The highest BCUT2D eigenvalue weighted by molar-refractivity contribution is 7.90. The monoisotopic (exact) mass is 294 g/mol. The largest absolute Gasteiger partial charge is 0.381 e. The summed E-state index contributed by atoms with van der Waals surface area (Å²) in [6, 6.07) is 7.45. The van der Waals surface area contributed by atoms with Crippen LogP contribution in [0.5, 0.6) is 0 Å². The van der Waals surface area contributed by atoms with E-state index in [0.29, 0.717) is 10.9 Å². The molecule has 0 aliphatic carbocycles. The predicted octanol–water partition coefficient (Wildman–Crippen LogP) is 2.15. The number of hydrogen-bond acceptors (Lipinski definition) is 4. The highest BCUT2D eigenvalue weighted by Crippen LogP contribution is 2.23. The summed E-state index contributed by atoms with van der Waals surface area (Å²) in [6.45, 7) is 6.72. The van der Waals surface area contributed by atoms with Crippen LogP contribution in [-0.4, -0.2) is 45.2 Å². The van der Waals surface area contributed by atoms with Crippen LogP contribution >= 0.6 is 0 Å². The number of hydrogen-bond donors (Lipinski definition) is 1. The van der Waals surface area contributed by atoms with Crippen molar-refractivity contribution in [1.29, 1.82) is 0 Å². The predicted molar refractivity (Wildman–Crippen MR) is 82.8 cm³/mol. The lowest BCUT2D eigenvalue weighted by Gasteiger charge is -2.32. The molecule has 0 unspecified atom stereocenters. The quantitative estimate of drug-likeness (QED) is 0.846. The van der Waals surface area contributed by atoms with Gasteiger partial charge in [0.1, 0.15) is 0 Å². The molecule has 0 bridgehead atoms. The van der Waals surface area contributed by atoms with Crippen LogP contribution in [-0.2, 0) is 9.84 Å². The topological polar surface area (TPSA) is 49.4 Å². The van der Waals surface area contributed by atoms with Crippen LogP contribution < -0.4 is 5.32 Å². The van der Waals surface area contributed by atoms with E-state index in [9.17, 15) is 8.42 Å². The van der Waals surface area contributed by atoms with Gasteiger partial charge in [0, 0.05) is 31.9 Å². The summed E-state index contributed by atoms with van der Waals surface area (Å²) in [5, 5.41) is 3.39. The molecule has 0 radical (unpaired) electrons. The molecule has 0 amide bonds. The second-order valence-electron chi connectivity index (χ2n) is 5.28. The fourth-order valence-corrected chi connectivity index (χ4v) is 3.42.